The lowest BCUT2D eigenvalue weighted by atomic mass is 9.99. The molecule has 1 aromatic carbocycles. The van der Waals surface area contributed by atoms with Crippen LogP contribution < -0.4 is 10.3 Å². The Morgan fingerprint density at radius 3 is 2.50 bits per heavy atom. The molecule has 7 heteroatoms. The first-order valence-electron chi connectivity index (χ1n) is 9.00. The molecule has 1 N–H and O–H groups in total. The monoisotopic (exact) mass is 384 g/mol. The lowest BCUT2D eigenvalue weighted by molar-refractivity contribution is 0.0812. The molecule has 0 aliphatic heterocycles. The molecule has 1 atom stereocenters. The highest BCUT2D eigenvalue weighted by Gasteiger charge is 2.28. The Labute approximate surface area is 163 Å². The summed E-state index contributed by atoms with van der Waals surface area (Å²) in [5.41, 5.74) is 0.348. The maximum atomic E-state index is 13.0. The number of nitrogens with zero attached hydrogens (tertiary/aromatic N) is 2. The number of pyridine rings is 1. The van der Waals surface area contributed by atoms with E-state index in [1.54, 1.807) is 19.1 Å². The van der Waals surface area contributed by atoms with E-state index in [0.29, 0.717) is 5.75 Å². The van der Waals surface area contributed by atoms with Crippen LogP contribution in [-0.4, -0.2) is 35.3 Å². The maximum Gasteiger partial charge on any atom is 0.271 e. The summed E-state index contributed by atoms with van der Waals surface area (Å²) in [6.07, 6.45) is -0.0288. The number of aryl methyl sites for hydroxylation is 1. The number of ketones is 1. The summed E-state index contributed by atoms with van der Waals surface area (Å²) in [7, 11) is 1.45. The number of hydrogen-bond acceptors (Lipinski definition) is 6. The summed E-state index contributed by atoms with van der Waals surface area (Å²) in [6.45, 7) is 5.23. The van der Waals surface area contributed by atoms with Gasteiger partial charge in [-0.25, -0.2) is 0 Å². The highest BCUT2D eigenvalue weighted by atomic mass is 16.5. The minimum atomic E-state index is -0.919. The van der Waals surface area contributed by atoms with Crippen LogP contribution in [0.5, 0.6) is 11.6 Å². The number of carbonyl (C=O) groups excluding carboxylic acids is 1. The van der Waals surface area contributed by atoms with Crippen molar-refractivity contribution < 1.29 is 19.4 Å². The number of nitriles is 1. The van der Waals surface area contributed by atoms with Gasteiger partial charge in [-0.05, 0) is 43.5 Å². The topological polar surface area (TPSA) is 102 Å². The Hall–Kier alpha value is -3.11. The molecule has 0 saturated carbocycles. The van der Waals surface area contributed by atoms with Gasteiger partial charge in [0, 0.05) is 7.11 Å². The molecule has 2 rings (SSSR count). The van der Waals surface area contributed by atoms with Crippen LogP contribution in [0.15, 0.2) is 29.1 Å². The fraction of sp³-hybridized carbons (Fsp3) is 0.381. The molecule has 0 saturated heterocycles. The average molecular weight is 384 g/mol. The molecule has 148 valence electrons. The van der Waals surface area contributed by atoms with Crippen molar-refractivity contribution >= 4 is 5.78 Å². The zero-order valence-electron chi connectivity index (χ0n) is 16.5. The number of hydrogen-bond donors (Lipinski definition) is 1. The van der Waals surface area contributed by atoms with Crippen LogP contribution in [0.4, 0.5) is 0 Å². The summed E-state index contributed by atoms with van der Waals surface area (Å²) in [5, 5.41) is 19.9. The van der Waals surface area contributed by atoms with E-state index in [1.807, 2.05) is 25.1 Å². The van der Waals surface area contributed by atoms with Gasteiger partial charge in [0.05, 0.1) is 18.7 Å². The van der Waals surface area contributed by atoms with E-state index in [2.05, 4.69) is 0 Å². The van der Waals surface area contributed by atoms with Crippen molar-refractivity contribution in [1.82, 2.24) is 4.57 Å². The van der Waals surface area contributed by atoms with E-state index in [0.717, 1.165) is 16.6 Å². The first-order chi connectivity index (χ1) is 13.3. The van der Waals surface area contributed by atoms with Gasteiger partial charge in [0.1, 0.15) is 17.4 Å². The Morgan fingerprint density at radius 2 is 1.96 bits per heavy atom. The van der Waals surface area contributed by atoms with Crippen molar-refractivity contribution in [3.63, 3.8) is 0 Å². The van der Waals surface area contributed by atoms with Gasteiger partial charge in [0.2, 0.25) is 11.7 Å². The number of Topliss-reactive ketones (excluding diaryl/α,β-unsaturated/α-hetero) is 1. The second-order valence-corrected chi connectivity index (χ2v) is 6.38. The quantitative estimate of drug-likeness (QED) is 0.702. The lowest BCUT2D eigenvalue weighted by Crippen LogP contribution is -2.31. The van der Waals surface area contributed by atoms with Crippen molar-refractivity contribution in [2.45, 2.75) is 39.8 Å². The van der Waals surface area contributed by atoms with Crippen molar-refractivity contribution in [3.05, 3.63) is 56.9 Å². The number of rotatable bonds is 8. The highest BCUT2D eigenvalue weighted by molar-refractivity contribution is 6.03. The van der Waals surface area contributed by atoms with Crippen LogP contribution in [-0.2, 0) is 17.7 Å². The normalized spacial score (nSPS) is 11.7. The van der Waals surface area contributed by atoms with Crippen LogP contribution in [0.25, 0.3) is 0 Å². The third-order valence-electron chi connectivity index (χ3n) is 4.58. The zero-order valence-corrected chi connectivity index (χ0v) is 16.5. The van der Waals surface area contributed by atoms with E-state index in [-0.39, 0.29) is 29.8 Å². The smallest absolute Gasteiger partial charge is 0.271 e. The van der Waals surface area contributed by atoms with Crippen LogP contribution in [0.1, 0.15) is 40.9 Å². The van der Waals surface area contributed by atoms with Gasteiger partial charge in [-0.15, -0.1) is 0 Å². The molecule has 0 amide bonds. The molecule has 0 aliphatic carbocycles. The van der Waals surface area contributed by atoms with E-state index in [9.17, 15) is 20.0 Å². The van der Waals surface area contributed by atoms with Crippen LogP contribution in [0.3, 0.4) is 0 Å². The molecule has 0 bridgehead atoms. The summed E-state index contributed by atoms with van der Waals surface area (Å²) < 4.78 is 11.6. The van der Waals surface area contributed by atoms with Crippen LogP contribution >= 0.6 is 0 Å². The molecule has 0 radical (unpaired) electrons. The van der Waals surface area contributed by atoms with Gasteiger partial charge in [0.15, 0.2) is 6.10 Å². The zero-order chi connectivity index (χ0) is 20.8. The maximum absolute atomic E-state index is 13.0. The SMILES string of the molecule is CCc1ccc(OC(C)C(=O)c2c(C)c(C#N)c(=O)n(CCOC)c2O)cc1. The highest BCUT2D eigenvalue weighted by Crippen LogP contribution is 2.25. The van der Waals surface area contributed by atoms with Gasteiger partial charge in [-0.3, -0.25) is 14.2 Å². The molecule has 0 spiro atoms. The average Bonchev–Trinajstić information content (AvgIpc) is 2.68. The number of benzene rings is 1. The van der Waals surface area contributed by atoms with Gasteiger partial charge in [0.25, 0.3) is 5.56 Å². The van der Waals surface area contributed by atoms with Crippen molar-refractivity contribution in [2.75, 3.05) is 13.7 Å². The minimum absolute atomic E-state index is 0.0180. The molecule has 1 aromatic heterocycles. The van der Waals surface area contributed by atoms with Crippen LogP contribution in [0.2, 0.25) is 0 Å². The molecule has 0 aliphatic rings. The third kappa shape index (κ3) is 4.24. The molecule has 1 heterocycles. The second kappa shape index (κ2) is 9.20. The van der Waals surface area contributed by atoms with Gasteiger partial charge >= 0.3 is 0 Å². The van der Waals surface area contributed by atoms with Crippen molar-refractivity contribution in [2.24, 2.45) is 0 Å². The first-order valence-corrected chi connectivity index (χ1v) is 9.00. The molecule has 2 aromatic rings. The van der Waals surface area contributed by atoms with E-state index >= 15 is 0 Å². The third-order valence-corrected chi connectivity index (χ3v) is 4.58. The van der Waals surface area contributed by atoms with Crippen LogP contribution in [0, 0.1) is 18.3 Å². The number of aromatic nitrogens is 1. The molecule has 7 nitrogen and oxygen atoms in total. The van der Waals surface area contributed by atoms with Gasteiger partial charge in [-0.1, -0.05) is 19.1 Å². The predicted octanol–water partition coefficient (Wildman–Crippen LogP) is 2.59. The fourth-order valence-electron chi connectivity index (χ4n) is 2.90. The molecule has 0 fully saturated rings. The number of carbonyl (C=O) groups is 1. The largest absolute Gasteiger partial charge is 0.494 e. The Morgan fingerprint density at radius 1 is 1.32 bits per heavy atom. The summed E-state index contributed by atoms with van der Waals surface area (Å²) in [6, 6.07) is 9.19. The molecule has 1 unspecified atom stereocenters. The second-order valence-electron chi connectivity index (χ2n) is 6.38. The van der Waals surface area contributed by atoms with Gasteiger partial charge < -0.3 is 14.6 Å². The number of aromatic hydroxyl groups is 1. The summed E-state index contributed by atoms with van der Waals surface area (Å²) >= 11 is 0. The molecule has 28 heavy (non-hydrogen) atoms. The first kappa shape index (κ1) is 21.2. The van der Waals surface area contributed by atoms with E-state index < -0.39 is 23.3 Å². The summed E-state index contributed by atoms with van der Waals surface area (Å²) in [4.78, 5) is 25.4. The summed E-state index contributed by atoms with van der Waals surface area (Å²) in [5.74, 6) is -0.485. The molecular weight excluding hydrogens is 360 g/mol. The van der Waals surface area contributed by atoms with Gasteiger partial charge in [-0.2, -0.15) is 5.26 Å². The standard InChI is InChI=1S/C21H24N2O5/c1-5-15-6-8-16(9-7-15)28-14(3)19(24)18-13(2)17(12-22)20(25)23(21(18)26)10-11-27-4/h6-9,14,26H,5,10-11H2,1-4H3. The van der Waals surface area contributed by atoms with E-state index in [1.165, 1.54) is 14.0 Å². The Bertz CT molecular complexity index is 955. The Kier molecular flexibility index (Phi) is 6.96. The molecular formula is C21H24N2O5. The minimum Gasteiger partial charge on any atom is -0.494 e. The lowest BCUT2D eigenvalue weighted by Gasteiger charge is -2.19. The van der Waals surface area contributed by atoms with E-state index in [4.69, 9.17) is 9.47 Å². The fourth-order valence-corrected chi connectivity index (χ4v) is 2.90. The Balaban J connectivity index is 2.42. The van der Waals surface area contributed by atoms with Crippen molar-refractivity contribution in [1.29, 1.82) is 5.26 Å². The number of ether oxygens (including phenoxy) is 2. The van der Waals surface area contributed by atoms with Crippen molar-refractivity contribution in [3.8, 4) is 17.7 Å². The predicted molar refractivity (Wildman–Crippen MR) is 104 cm³/mol. The number of methoxy groups -OCH3 is 1.